The van der Waals surface area contributed by atoms with Crippen molar-refractivity contribution in [2.24, 2.45) is 0 Å². The number of hydrogen-bond donors (Lipinski definition) is 0. The van der Waals surface area contributed by atoms with Gasteiger partial charge in [-0.3, -0.25) is 4.57 Å². The maximum Gasteiger partial charge on any atom is 0.351 e. The average Bonchev–Trinajstić information content (AvgIpc) is 3.06. The fourth-order valence-corrected chi connectivity index (χ4v) is 3.80. The van der Waals surface area contributed by atoms with Gasteiger partial charge in [-0.2, -0.15) is 4.98 Å². The molecule has 0 radical (unpaired) electrons. The summed E-state index contributed by atoms with van der Waals surface area (Å²) in [5, 5.41) is 0.810. The number of furan rings is 1. The molecule has 0 bridgehead atoms. The van der Waals surface area contributed by atoms with Crippen LogP contribution in [0.4, 0.5) is 0 Å². The fraction of sp³-hybridized carbons (Fsp3) is 0.400. The first kappa shape index (κ1) is 16.7. The Morgan fingerprint density at radius 2 is 1.96 bits per heavy atom. The van der Waals surface area contributed by atoms with E-state index in [1.807, 2.05) is 43.3 Å². The first-order valence-electron chi connectivity index (χ1n) is 9.10. The smallest absolute Gasteiger partial charge is 0.351 e. The van der Waals surface area contributed by atoms with Crippen molar-refractivity contribution in [2.75, 3.05) is 13.2 Å². The quantitative estimate of drug-likeness (QED) is 0.692. The fourth-order valence-electron chi connectivity index (χ4n) is 3.80. The van der Waals surface area contributed by atoms with E-state index in [2.05, 4.69) is 4.98 Å². The zero-order chi connectivity index (χ0) is 18.4. The van der Waals surface area contributed by atoms with Crippen molar-refractivity contribution in [3.63, 3.8) is 0 Å². The molecule has 2 aliphatic rings. The monoisotopic (exact) mass is 368 g/mol. The topological polar surface area (TPSA) is 75.7 Å². The lowest BCUT2D eigenvalue weighted by atomic mass is 10.0. The van der Waals surface area contributed by atoms with Crippen LogP contribution < -0.4 is 5.69 Å². The van der Waals surface area contributed by atoms with Crippen LogP contribution in [0.2, 0.25) is 0 Å². The van der Waals surface area contributed by atoms with Gasteiger partial charge in [-0.1, -0.05) is 30.3 Å². The molecule has 7 nitrogen and oxygen atoms in total. The second-order valence-electron chi connectivity index (χ2n) is 7.06. The van der Waals surface area contributed by atoms with Crippen LogP contribution in [-0.2, 0) is 14.2 Å². The Bertz CT molecular complexity index is 1010. The van der Waals surface area contributed by atoms with E-state index in [9.17, 15) is 4.79 Å². The Labute approximate surface area is 155 Å². The molecule has 2 saturated heterocycles. The van der Waals surface area contributed by atoms with Gasteiger partial charge in [-0.15, -0.1) is 0 Å². The molecule has 1 aromatic carbocycles. The highest BCUT2D eigenvalue weighted by molar-refractivity contribution is 5.72. The third-order valence-electron chi connectivity index (χ3n) is 5.16. The lowest BCUT2D eigenvalue weighted by molar-refractivity contribution is -0.282. The van der Waals surface area contributed by atoms with Crippen molar-refractivity contribution in [3.05, 3.63) is 64.4 Å². The molecule has 7 heteroatoms. The van der Waals surface area contributed by atoms with Crippen LogP contribution >= 0.6 is 0 Å². The molecule has 4 heterocycles. The van der Waals surface area contributed by atoms with Gasteiger partial charge in [0.05, 0.1) is 30.7 Å². The zero-order valence-electron chi connectivity index (χ0n) is 14.9. The molecule has 27 heavy (non-hydrogen) atoms. The predicted molar refractivity (Wildman–Crippen MR) is 96.4 cm³/mol. The predicted octanol–water partition coefficient (Wildman–Crippen LogP) is 2.74. The lowest BCUT2D eigenvalue weighted by Crippen LogP contribution is -2.49. The standard InChI is InChI=1S/C20H20N2O5/c1-12-7-14-9-22(20(23)21-18(14)26-12)15-8-16-17(24-10-15)11-25-19(27-16)13-5-3-2-4-6-13/h2-7,9,15-17,19H,8,10-11H2,1H3/t15-,16-,17+,19+/m0/s1. The third-order valence-corrected chi connectivity index (χ3v) is 5.16. The average molecular weight is 368 g/mol. The summed E-state index contributed by atoms with van der Waals surface area (Å²) >= 11 is 0. The van der Waals surface area contributed by atoms with E-state index in [1.165, 1.54) is 0 Å². The number of ether oxygens (including phenoxy) is 3. The van der Waals surface area contributed by atoms with E-state index in [4.69, 9.17) is 18.6 Å². The molecule has 5 rings (SSSR count). The minimum absolute atomic E-state index is 0.121. The van der Waals surface area contributed by atoms with Gasteiger partial charge in [0, 0.05) is 11.8 Å². The van der Waals surface area contributed by atoms with E-state index in [1.54, 1.807) is 10.8 Å². The minimum Gasteiger partial charge on any atom is -0.443 e. The molecule has 4 atom stereocenters. The molecular weight excluding hydrogens is 348 g/mol. The van der Waals surface area contributed by atoms with Crippen LogP contribution in [0.5, 0.6) is 0 Å². The zero-order valence-corrected chi connectivity index (χ0v) is 14.9. The van der Waals surface area contributed by atoms with Crippen LogP contribution in [0.1, 0.15) is 30.1 Å². The Hall–Kier alpha value is -2.48. The summed E-state index contributed by atoms with van der Waals surface area (Å²) in [5.41, 5.74) is 1.01. The molecule has 140 valence electrons. The highest BCUT2D eigenvalue weighted by atomic mass is 16.7. The van der Waals surface area contributed by atoms with E-state index in [0.717, 1.165) is 16.7 Å². The normalized spacial score (nSPS) is 28.2. The van der Waals surface area contributed by atoms with Crippen molar-refractivity contribution < 1.29 is 18.6 Å². The first-order valence-corrected chi connectivity index (χ1v) is 9.10. The minimum atomic E-state index is -0.413. The summed E-state index contributed by atoms with van der Waals surface area (Å²) in [6, 6.07) is 11.6. The highest BCUT2D eigenvalue weighted by Gasteiger charge is 2.39. The van der Waals surface area contributed by atoms with Gasteiger partial charge >= 0.3 is 5.69 Å². The summed E-state index contributed by atoms with van der Waals surface area (Å²) in [6.07, 6.45) is 1.79. The summed E-state index contributed by atoms with van der Waals surface area (Å²) in [4.78, 5) is 16.5. The first-order chi connectivity index (χ1) is 13.2. The van der Waals surface area contributed by atoms with E-state index in [0.29, 0.717) is 25.3 Å². The molecule has 0 aliphatic carbocycles. The summed E-state index contributed by atoms with van der Waals surface area (Å²) in [5.74, 6) is 0.730. The largest absolute Gasteiger partial charge is 0.443 e. The summed E-state index contributed by atoms with van der Waals surface area (Å²) in [7, 11) is 0. The Morgan fingerprint density at radius 1 is 1.11 bits per heavy atom. The number of hydrogen-bond acceptors (Lipinski definition) is 6. The molecule has 3 aromatic rings. The summed E-state index contributed by atoms with van der Waals surface area (Å²) < 4.78 is 25.0. The second-order valence-corrected chi connectivity index (χ2v) is 7.06. The van der Waals surface area contributed by atoms with Crippen LogP contribution in [0.15, 0.2) is 51.8 Å². The third kappa shape index (κ3) is 3.07. The maximum absolute atomic E-state index is 12.5. The number of benzene rings is 1. The molecular formula is C20H20N2O5. The van der Waals surface area contributed by atoms with Gasteiger partial charge in [0.1, 0.15) is 11.9 Å². The molecule has 2 aromatic heterocycles. The number of nitrogens with zero attached hydrogens (tertiary/aromatic N) is 2. The van der Waals surface area contributed by atoms with Crippen LogP contribution in [-0.4, -0.2) is 35.0 Å². The van der Waals surface area contributed by atoms with Crippen molar-refractivity contribution in [1.29, 1.82) is 0 Å². The Morgan fingerprint density at radius 3 is 2.81 bits per heavy atom. The number of rotatable bonds is 2. The summed E-state index contributed by atoms with van der Waals surface area (Å²) in [6.45, 7) is 2.74. The van der Waals surface area contributed by atoms with Crippen LogP contribution in [0, 0.1) is 6.92 Å². The number of aryl methyl sites for hydroxylation is 1. The molecule has 2 fully saturated rings. The van der Waals surface area contributed by atoms with Gasteiger partial charge in [0.15, 0.2) is 6.29 Å². The molecule has 2 aliphatic heterocycles. The Balaban J connectivity index is 1.39. The van der Waals surface area contributed by atoms with Gasteiger partial charge < -0.3 is 18.6 Å². The molecule has 0 saturated carbocycles. The van der Waals surface area contributed by atoms with Gasteiger partial charge in [-0.25, -0.2) is 4.79 Å². The maximum atomic E-state index is 12.5. The lowest BCUT2D eigenvalue weighted by Gasteiger charge is -2.42. The van der Waals surface area contributed by atoms with Crippen molar-refractivity contribution in [1.82, 2.24) is 9.55 Å². The van der Waals surface area contributed by atoms with Crippen molar-refractivity contribution >= 4 is 11.1 Å². The highest BCUT2D eigenvalue weighted by Crippen LogP contribution is 2.34. The van der Waals surface area contributed by atoms with Crippen LogP contribution in [0.25, 0.3) is 11.1 Å². The number of aromatic nitrogens is 2. The molecule has 0 N–H and O–H groups in total. The van der Waals surface area contributed by atoms with Gasteiger partial charge in [0.25, 0.3) is 0 Å². The molecule has 0 amide bonds. The number of fused-ring (bicyclic) bond motifs is 2. The van der Waals surface area contributed by atoms with Crippen LogP contribution in [0.3, 0.4) is 0 Å². The van der Waals surface area contributed by atoms with E-state index < -0.39 is 6.29 Å². The molecule has 0 unspecified atom stereocenters. The van der Waals surface area contributed by atoms with Crippen molar-refractivity contribution in [3.8, 4) is 0 Å². The second kappa shape index (κ2) is 6.60. The SMILES string of the molecule is Cc1cc2cn([C@@H]3CO[C@@H]4CO[C@@H](c5ccccc5)O[C@H]4C3)c(=O)nc2o1. The van der Waals surface area contributed by atoms with E-state index in [-0.39, 0.29) is 23.9 Å². The van der Waals surface area contributed by atoms with Gasteiger partial charge in [-0.05, 0) is 19.4 Å². The molecule has 0 spiro atoms. The van der Waals surface area contributed by atoms with Gasteiger partial charge in [0.2, 0.25) is 5.71 Å². The van der Waals surface area contributed by atoms with Crippen molar-refractivity contribution in [2.45, 2.75) is 37.9 Å². The van der Waals surface area contributed by atoms with E-state index >= 15 is 0 Å². The Kier molecular flexibility index (Phi) is 4.07.